The summed E-state index contributed by atoms with van der Waals surface area (Å²) in [5.41, 5.74) is 1.32. The summed E-state index contributed by atoms with van der Waals surface area (Å²) in [6.07, 6.45) is 6.86. The molecular weight excluding hydrogens is 258 g/mol. The number of hydrogen-bond donors (Lipinski definition) is 1. The number of ether oxygens (including phenoxy) is 1. The van der Waals surface area contributed by atoms with Gasteiger partial charge in [0.25, 0.3) is 0 Å². The third kappa shape index (κ3) is 5.70. The van der Waals surface area contributed by atoms with Crippen molar-refractivity contribution in [3.63, 3.8) is 0 Å². The van der Waals surface area contributed by atoms with Gasteiger partial charge in [-0.3, -0.25) is 0 Å². The summed E-state index contributed by atoms with van der Waals surface area (Å²) in [6.45, 7) is 8.76. The molecule has 0 aromatic heterocycles. The predicted octanol–water partition coefficient (Wildman–Crippen LogP) is 4.78. The highest BCUT2D eigenvalue weighted by atomic mass is 16.5. The van der Waals surface area contributed by atoms with E-state index in [2.05, 4.69) is 50.4 Å². The zero-order valence-electron chi connectivity index (χ0n) is 13.9. The number of hydrogen-bond acceptors (Lipinski definition) is 2. The molecular formula is C19H31NO. The summed E-state index contributed by atoms with van der Waals surface area (Å²) >= 11 is 0. The van der Waals surface area contributed by atoms with Crippen molar-refractivity contribution in [1.29, 1.82) is 0 Å². The minimum absolute atomic E-state index is 0.419. The van der Waals surface area contributed by atoms with Crippen LogP contribution in [0.4, 0.5) is 0 Å². The van der Waals surface area contributed by atoms with Gasteiger partial charge in [-0.1, -0.05) is 45.7 Å². The first-order valence-electron chi connectivity index (χ1n) is 8.63. The van der Waals surface area contributed by atoms with Gasteiger partial charge < -0.3 is 10.1 Å². The highest BCUT2D eigenvalue weighted by Gasteiger charge is 2.22. The molecule has 2 atom stereocenters. The molecule has 0 aliphatic heterocycles. The lowest BCUT2D eigenvalue weighted by atomic mass is 9.85. The maximum Gasteiger partial charge on any atom is 0.120 e. The third-order valence-corrected chi connectivity index (χ3v) is 4.39. The van der Waals surface area contributed by atoms with Gasteiger partial charge in [-0.15, -0.1) is 0 Å². The van der Waals surface area contributed by atoms with E-state index in [1.165, 1.54) is 37.7 Å². The lowest BCUT2D eigenvalue weighted by Gasteiger charge is -2.29. The summed E-state index contributed by atoms with van der Waals surface area (Å²) in [6, 6.07) is 8.59. The number of benzene rings is 1. The van der Waals surface area contributed by atoms with Crippen molar-refractivity contribution in [2.45, 2.75) is 65.5 Å². The van der Waals surface area contributed by atoms with Crippen molar-refractivity contribution in [2.75, 3.05) is 6.54 Å². The van der Waals surface area contributed by atoms with E-state index >= 15 is 0 Å². The van der Waals surface area contributed by atoms with Crippen LogP contribution in [0.15, 0.2) is 24.3 Å². The van der Waals surface area contributed by atoms with Gasteiger partial charge in [0.1, 0.15) is 5.75 Å². The Morgan fingerprint density at radius 1 is 1.29 bits per heavy atom. The Labute approximate surface area is 130 Å². The molecule has 0 saturated heterocycles. The van der Waals surface area contributed by atoms with Crippen LogP contribution < -0.4 is 10.1 Å². The quantitative estimate of drug-likeness (QED) is 0.780. The molecule has 0 amide bonds. The molecule has 0 spiro atoms. The Morgan fingerprint density at radius 2 is 2.14 bits per heavy atom. The van der Waals surface area contributed by atoms with Crippen molar-refractivity contribution >= 4 is 0 Å². The molecule has 1 fully saturated rings. The maximum atomic E-state index is 6.23. The minimum atomic E-state index is 0.419. The standard InChI is InChI=1S/C19H31NO/c1-4-16-7-5-9-18(11-16)21-19-10-6-8-17(12-19)14-20-13-15(2)3/h6,8,10,12,15-16,18,20H,4-5,7,9,11,13-14H2,1-3H3. The zero-order chi connectivity index (χ0) is 15.1. The fourth-order valence-electron chi connectivity index (χ4n) is 3.15. The molecule has 2 rings (SSSR count). The van der Waals surface area contributed by atoms with Crippen LogP contribution in [0.1, 0.15) is 58.4 Å². The van der Waals surface area contributed by atoms with Crippen molar-refractivity contribution in [1.82, 2.24) is 5.32 Å². The molecule has 0 heterocycles. The highest BCUT2D eigenvalue weighted by Crippen LogP contribution is 2.29. The number of nitrogens with one attached hydrogen (secondary N) is 1. The maximum absolute atomic E-state index is 6.23. The fourth-order valence-corrected chi connectivity index (χ4v) is 3.15. The van der Waals surface area contributed by atoms with Gasteiger partial charge in [-0.05, 0) is 55.3 Å². The van der Waals surface area contributed by atoms with Crippen molar-refractivity contribution in [2.24, 2.45) is 11.8 Å². The van der Waals surface area contributed by atoms with E-state index in [1.807, 2.05) is 0 Å². The molecule has 118 valence electrons. The second kappa shape index (κ2) is 8.43. The second-order valence-corrected chi connectivity index (χ2v) is 6.85. The second-order valence-electron chi connectivity index (χ2n) is 6.85. The smallest absolute Gasteiger partial charge is 0.120 e. The van der Waals surface area contributed by atoms with E-state index in [1.54, 1.807) is 0 Å². The molecule has 2 nitrogen and oxygen atoms in total. The highest BCUT2D eigenvalue weighted by molar-refractivity contribution is 5.28. The third-order valence-electron chi connectivity index (χ3n) is 4.39. The van der Waals surface area contributed by atoms with Crippen LogP contribution >= 0.6 is 0 Å². The van der Waals surface area contributed by atoms with Crippen LogP contribution in [0.2, 0.25) is 0 Å². The van der Waals surface area contributed by atoms with E-state index < -0.39 is 0 Å². The molecule has 0 radical (unpaired) electrons. The van der Waals surface area contributed by atoms with Crippen LogP contribution in [0.5, 0.6) is 5.75 Å². The fraction of sp³-hybridized carbons (Fsp3) is 0.684. The lowest BCUT2D eigenvalue weighted by molar-refractivity contribution is 0.122. The van der Waals surface area contributed by atoms with E-state index in [0.717, 1.165) is 24.8 Å². The van der Waals surface area contributed by atoms with Crippen LogP contribution in [0, 0.1) is 11.8 Å². The molecule has 1 aromatic rings. The Balaban J connectivity index is 1.85. The molecule has 1 aromatic carbocycles. The molecule has 1 aliphatic rings. The van der Waals surface area contributed by atoms with Crippen LogP contribution in [-0.2, 0) is 6.54 Å². The molecule has 1 aliphatic carbocycles. The Morgan fingerprint density at radius 3 is 2.90 bits per heavy atom. The van der Waals surface area contributed by atoms with Gasteiger partial charge in [0.05, 0.1) is 6.10 Å². The van der Waals surface area contributed by atoms with Crippen LogP contribution in [0.25, 0.3) is 0 Å². The van der Waals surface area contributed by atoms with Gasteiger partial charge >= 0.3 is 0 Å². The van der Waals surface area contributed by atoms with Crippen LogP contribution in [-0.4, -0.2) is 12.6 Å². The molecule has 1 N–H and O–H groups in total. The topological polar surface area (TPSA) is 21.3 Å². The minimum Gasteiger partial charge on any atom is -0.490 e. The van der Waals surface area contributed by atoms with Gasteiger partial charge in [-0.2, -0.15) is 0 Å². The van der Waals surface area contributed by atoms with Gasteiger partial charge in [0, 0.05) is 6.54 Å². The number of rotatable bonds is 7. The largest absolute Gasteiger partial charge is 0.490 e. The van der Waals surface area contributed by atoms with Crippen molar-refractivity contribution in [3.8, 4) is 5.75 Å². The van der Waals surface area contributed by atoms with Crippen molar-refractivity contribution < 1.29 is 4.74 Å². The molecule has 2 unspecified atom stereocenters. The Kier molecular flexibility index (Phi) is 6.56. The average Bonchev–Trinajstić information content (AvgIpc) is 2.47. The molecule has 1 saturated carbocycles. The molecule has 21 heavy (non-hydrogen) atoms. The van der Waals surface area contributed by atoms with Crippen molar-refractivity contribution in [3.05, 3.63) is 29.8 Å². The van der Waals surface area contributed by atoms with E-state index in [4.69, 9.17) is 4.74 Å². The van der Waals surface area contributed by atoms with E-state index in [9.17, 15) is 0 Å². The summed E-state index contributed by atoms with van der Waals surface area (Å²) in [5, 5.41) is 3.49. The summed E-state index contributed by atoms with van der Waals surface area (Å²) in [4.78, 5) is 0. The van der Waals surface area contributed by atoms with Crippen LogP contribution in [0.3, 0.4) is 0 Å². The van der Waals surface area contributed by atoms with Gasteiger partial charge in [-0.25, -0.2) is 0 Å². The van der Waals surface area contributed by atoms with E-state index in [-0.39, 0.29) is 0 Å². The zero-order valence-corrected chi connectivity index (χ0v) is 13.9. The monoisotopic (exact) mass is 289 g/mol. The first-order valence-corrected chi connectivity index (χ1v) is 8.63. The molecule has 2 heteroatoms. The van der Waals surface area contributed by atoms with E-state index in [0.29, 0.717) is 12.0 Å². The Hall–Kier alpha value is -1.02. The first kappa shape index (κ1) is 16.4. The molecule has 0 bridgehead atoms. The SMILES string of the molecule is CCC1CCCC(Oc2cccc(CNCC(C)C)c2)C1. The summed E-state index contributed by atoms with van der Waals surface area (Å²) in [5.74, 6) is 2.60. The van der Waals surface area contributed by atoms with Gasteiger partial charge in [0.2, 0.25) is 0 Å². The lowest BCUT2D eigenvalue weighted by Crippen LogP contribution is -2.25. The summed E-state index contributed by atoms with van der Waals surface area (Å²) in [7, 11) is 0. The Bertz CT molecular complexity index is 416. The van der Waals surface area contributed by atoms with Gasteiger partial charge in [0.15, 0.2) is 0 Å². The normalized spacial score (nSPS) is 22.5. The first-order chi connectivity index (χ1) is 10.2. The summed E-state index contributed by atoms with van der Waals surface area (Å²) < 4.78 is 6.23. The average molecular weight is 289 g/mol. The predicted molar refractivity (Wildman–Crippen MR) is 89.7 cm³/mol.